The second kappa shape index (κ2) is 13.2. The van der Waals surface area contributed by atoms with E-state index in [1.54, 1.807) is 6.92 Å². The summed E-state index contributed by atoms with van der Waals surface area (Å²) >= 11 is 0. The molecule has 0 radical (unpaired) electrons. The number of Topliss-reactive ketones (excluding diaryl/α,β-unsaturated/α-hetero) is 1. The van der Waals surface area contributed by atoms with Gasteiger partial charge in [0.05, 0.1) is 12.2 Å². The van der Waals surface area contributed by atoms with E-state index in [4.69, 9.17) is 4.74 Å². The lowest BCUT2D eigenvalue weighted by Crippen LogP contribution is -2.46. The van der Waals surface area contributed by atoms with Gasteiger partial charge in [-0.05, 0) is 134 Å². The van der Waals surface area contributed by atoms with Crippen LogP contribution in [0.5, 0.6) is 0 Å². The Kier molecular flexibility index (Phi) is 10.3. The van der Waals surface area contributed by atoms with Crippen molar-refractivity contribution < 1.29 is 14.3 Å². The van der Waals surface area contributed by atoms with Gasteiger partial charge in [-0.15, -0.1) is 0 Å². The fourth-order valence-electron chi connectivity index (χ4n) is 8.20. The SMILES string of the molecule is CNC1CCC(CC2CCC(NC(=O)C3CCC(OC4CCC(C(C)=O)CC4)CC3)C(C)C2)CC1C. The Balaban J connectivity index is 1.13. The van der Waals surface area contributed by atoms with E-state index in [0.29, 0.717) is 41.9 Å². The quantitative estimate of drug-likeness (QED) is 0.424. The zero-order valence-corrected chi connectivity index (χ0v) is 23.6. The van der Waals surface area contributed by atoms with Gasteiger partial charge in [-0.25, -0.2) is 0 Å². The van der Waals surface area contributed by atoms with E-state index >= 15 is 0 Å². The van der Waals surface area contributed by atoms with Crippen LogP contribution >= 0.6 is 0 Å². The summed E-state index contributed by atoms with van der Waals surface area (Å²) in [5, 5.41) is 6.98. The molecule has 0 heterocycles. The Bertz CT molecular complexity index is 711. The number of carbonyl (C=O) groups is 2. The Hall–Kier alpha value is -0.940. The van der Waals surface area contributed by atoms with Crippen LogP contribution in [0.2, 0.25) is 0 Å². The van der Waals surface area contributed by atoms with Crippen molar-refractivity contribution in [1.29, 1.82) is 0 Å². The largest absolute Gasteiger partial charge is 0.375 e. The molecule has 0 saturated heterocycles. The number of amides is 1. The van der Waals surface area contributed by atoms with Crippen molar-refractivity contribution >= 4 is 11.7 Å². The normalized spacial score (nSPS) is 42.0. The van der Waals surface area contributed by atoms with Crippen molar-refractivity contribution in [3.05, 3.63) is 0 Å². The molecule has 1 amide bonds. The van der Waals surface area contributed by atoms with E-state index in [1.807, 2.05) is 0 Å². The van der Waals surface area contributed by atoms with E-state index in [9.17, 15) is 9.59 Å². The van der Waals surface area contributed by atoms with Gasteiger partial charge in [0.15, 0.2) is 0 Å². The van der Waals surface area contributed by atoms with Crippen LogP contribution in [0.15, 0.2) is 0 Å². The number of rotatable bonds is 8. The Labute approximate surface area is 220 Å². The van der Waals surface area contributed by atoms with Gasteiger partial charge >= 0.3 is 0 Å². The predicted molar refractivity (Wildman–Crippen MR) is 146 cm³/mol. The third-order valence-corrected chi connectivity index (χ3v) is 10.6. The summed E-state index contributed by atoms with van der Waals surface area (Å²) in [6.07, 6.45) is 17.7. The topological polar surface area (TPSA) is 67.4 Å². The van der Waals surface area contributed by atoms with Crippen LogP contribution in [0.4, 0.5) is 0 Å². The van der Waals surface area contributed by atoms with Gasteiger partial charge in [-0.2, -0.15) is 0 Å². The lowest BCUT2D eigenvalue weighted by atomic mass is 9.70. The maximum atomic E-state index is 13.1. The molecule has 0 aliphatic heterocycles. The second-order valence-electron chi connectivity index (χ2n) is 13.3. The number of hydrogen-bond donors (Lipinski definition) is 2. The molecule has 0 aromatic rings. The molecular weight excluding hydrogens is 448 g/mol. The van der Waals surface area contributed by atoms with Crippen LogP contribution in [0.25, 0.3) is 0 Å². The predicted octanol–water partition coefficient (Wildman–Crippen LogP) is 6.04. The van der Waals surface area contributed by atoms with Crippen molar-refractivity contribution in [2.45, 2.75) is 141 Å². The maximum Gasteiger partial charge on any atom is 0.223 e. The fraction of sp³-hybridized carbons (Fsp3) is 0.935. The molecule has 36 heavy (non-hydrogen) atoms. The number of ketones is 1. The van der Waals surface area contributed by atoms with Gasteiger partial charge in [0, 0.05) is 23.9 Å². The van der Waals surface area contributed by atoms with Crippen molar-refractivity contribution in [3.63, 3.8) is 0 Å². The third kappa shape index (κ3) is 7.56. The monoisotopic (exact) mass is 502 g/mol. The van der Waals surface area contributed by atoms with Crippen LogP contribution in [0, 0.1) is 35.5 Å². The van der Waals surface area contributed by atoms with Crippen molar-refractivity contribution in [2.75, 3.05) is 7.05 Å². The summed E-state index contributed by atoms with van der Waals surface area (Å²) in [7, 11) is 2.11. The molecule has 0 spiro atoms. The van der Waals surface area contributed by atoms with E-state index in [1.165, 1.54) is 38.5 Å². The molecule has 4 aliphatic rings. The number of nitrogens with one attached hydrogen (secondary N) is 2. The molecule has 4 fully saturated rings. The highest BCUT2D eigenvalue weighted by atomic mass is 16.5. The van der Waals surface area contributed by atoms with E-state index < -0.39 is 0 Å². The molecule has 2 N–H and O–H groups in total. The minimum Gasteiger partial charge on any atom is -0.375 e. The summed E-state index contributed by atoms with van der Waals surface area (Å²) in [6.45, 7) is 6.51. The minimum absolute atomic E-state index is 0.159. The Morgan fingerprint density at radius 3 is 1.67 bits per heavy atom. The van der Waals surface area contributed by atoms with Gasteiger partial charge < -0.3 is 15.4 Å². The standard InChI is InChI=1S/C31H54N2O3/c1-20-17-23(5-15-29(20)32-4)19-24-6-16-30(21(2)18-24)33-31(35)26-9-13-28(14-10-26)36-27-11-7-25(8-12-27)22(3)34/h20-21,23-30,32H,5-19H2,1-4H3,(H,33,35). The molecule has 0 aromatic carbocycles. The first kappa shape index (κ1) is 28.1. The number of hydrogen-bond acceptors (Lipinski definition) is 4. The van der Waals surface area contributed by atoms with Crippen LogP contribution in [-0.4, -0.2) is 43.0 Å². The first-order valence-electron chi connectivity index (χ1n) is 15.5. The minimum atomic E-state index is 0.159. The van der Waals surface area contributed by atoms with Gasteiger partial charge in [0.1, 0.15) is 5.78 Å². The molecule has 4 rings (SSSR count). The first-order chi connectivity index (χ1) is 17.3. The number of ether oxygens (including phenoxy) is 1. The Morgan fingerprint density at radius 2 is 1.19 bits per heavy atom. The average Bonchev–Trinajstić information content (AvgIpc) is 2.86. The fourth-order valence-corrected chi connectivity index (χ4v) is 8.20. The van der Waals surface area contributed by atoms with Crippen LogP contribution in [0.3, 0.4) is 0 Å². The average molecular weight is 503 g/mol. The van der Waals surface area contributed by atoms with Crippen LogP contribution in [-0.2, 0) is 14.3 Å². The van der Waals surface area contributed by atoms with E-state index in [2.05, 4.69) is 31.5 Å². The third-order valence-electron chi connectivity index (χ3n) is 10.6. The molecule has 5 nitrogen and oxygen atoms in total. The van der Waals surface area contributed by atoms with E-state index in [-0.39, 0.29) is 11.8 Å². The molecule has 4 aliphatic carbocycles. The molecule has 0 aromatic heterocycles. The van der Waals surface area contributed by atoms with Crippen molar-refractivity contribution in [1.82, 2.24) is 10.6 Å². The summed E-state index contributed by atoms with van der Waals surface area (Å²) < 4.78 is 6.40. The second-order valence-corrected chi connectivity index (χ2v) is 13.3. The molecule has 5 heteroatoms. The molecule has 4 saturated carbocycles. The molecule has 206 valence electrons. The zero-order chi connectivity index (χ0) is 25.7. The molecule has 6 atom stereocenters. The van der Waals surface area contributed by atoms with E-state index in [0.717, 1.165) is 75.5 Å². The highest BCUT2D eigenvalue weighted by Gasteiger charge is 2.35. The summed E-state index contributed by atoms with van der Waals surface area (Å²) in [5.74, 6) is 4.17. The summed E-state index contributed by atoms with van der Waals surface area (Å²) in [5.41, 5.74) is 0. The van der Waals surface area contributed by atoms with Gasteiger partial charge in [0.25, 0.3) is 0 Å². The van der Waals surface area contributed by atoms with Gasteiger partial charge in [-0.3, -0.25) is 9.59 Å². The lowest BCUT2D eigenvalue weighted by molar-refractivity contribution is -0.129. The number of carbonyl (C=O) groups excluding carboxylic acids is 2. The van der Waals surface area contributed by atoms with Crippen molar-refractivity contribution in [3.8, 4) is 0 Å². The van der Waals surface area contributed by atoms with Gasteiger partial charge in [-0.1, -0.05) is 13.8 Å². The summed E-state index contributed by atoms with van der Waals surface area (Å²) in [6, 6.07) is 1.07. The highest BCUT2D eigenvalue weighted by Crippen LogP contribution is 2.39. The maximum absolute atomic E-state index is 13.1. The highest BCUT2D eigenvalue weighted by molar-refractivity contribution is 5.79. The lowest BCUT2D eigenvalue weighted by Gasteiger charge is -2.40. The van der Waals surface area contributed by atoms with Gasteiger partial charge in [0.2, 0.25) is 5.91 Å². The zero-order valence-electron chi connectivity index (χ0n) is 23.6. The first-order valence-corrected chi connectivity index (χ1v) is 15.5. The smallest absolute Gasteiger partial charge is 0.223 e. The van der Waals surface area contributed by atoms with Crippen molar-refractivity contribution in [2.24, 2.45) is 35.5 Å². The summed E-state index contributed by atoms with van der Waals surface area (Å²) in [4.78, 5) is 24.7. The van der Waals surface area contributed by atoms with Crippen LogP contribution in [0.1, 0.15) is 117 Å². The Morgan fingerprint density at radius 1 is 0.694 bits per heavy atom. The van der Waals surface area contributed by atoms with Crippen LogP contribution < -0.4 is 10.6 Å². The molecule has 6 unspecified atom stereocenters. The molecular formula is C31H54N2O3. The molecule has 0 bridgehead atoms.